The van der Waals surface area contributed by atoms with Gasteiger partial charge in [0.2, 0.25) is 0 Å². The number of aromatic nitrogens is 2. The number of fused-ring (bicyclic) bond motifs is 1. The maximum absolute atomic E-state index is 13.2. The van der Waals surface area contributed by atoms with Crippen molar-refractivity contribution in [2.24, 2.45) is 0 Å². The third-order valence-electron chi connectivity index (χ3n) is 5.44. The Morgan fingerprint density at radius 1 is 1.06 bits per heavy atom. The minimum Gasteiger partial charge on any atom is -0.478 e. The van der Waals surface area contributed by atoms with Crippen LogP contribution in [-0.2, 0) is 11.3 Å². The summed E-state index contributed by atoms with van der Waals surface area (Å²) in [6.45, 7) is 2.30. The topological polar surface area (TPSA) is 55.3 Å². The highest BCUT2D eigenvalue weighted by Crippen LogP contribution is 2.40. The number of hydrogen-bond acceptors (Lipinski definition) is 5. The molecule has 0 fully saturated rings. The van der Waals surface area contributed by atoms with Crippen molar-refractivity contribution >= 4 is 46.1 Å². The molecule has 1 atom stereocenters. The summed E-state index contributed by atoms with van der Waals surface area (Å²) < 4.78 is 6.00. The predicted octanol–water partition coefficient (Wildman–Crippen LogP) is 6.88. The van der Waals surface area contributed by atoms with Crippen molar-refractivity contribution in [3.8, 4) is 27.7 Å². The molecule has 3 heterocycles. The van der Waals surface area contributed by atoms with Gasteiger partial charge in [-0.1, -0.05) is 42.3 Å². The van der Waals surface area contributed by atoms with Crippen LogP contribution in [0.3, 0.4) is 0 Å². The fraction of sp³-hybridized carbons (Fsp3) is 0.160. The lowest BCUT2D eigenvalue weighted by Gasteiger charge is -2.34. The molecule has 0 N–H and O–H groups in total. The molecule has 0 bridgehead atoms. The average Bonchev–Trinajstić information content (AvgIpc) is 3.34. The summed E-state index contributed by atoms with van der Waals surface area (Å²) in [6.07, 6.45) is 1.81. The molecule has 5 nitrogen and oxygen atoms in total. The first-order valence-corrected chi connectivity index (χ1v) is 12.1. The van der Waals surface area contributed by atoms with E-state index in [-0.39, 0.29) is 5.91 Å². The summed E-state index contributed by atoms with van der Waals surface area (Å²) in [5.74, 6) is 0.589. The number of thiazole rings is 1. The highest BCUT2D eigenvalue weighted by molar-refractivity contribution is 7.13. The van der Waals surface area contributed by atoms with E-state index < -0.39 is 6.10 Å². The summed E-state index contributed by atoms with van der Waals surface area (Å²) in [5, 5.41) is 3.78. The number of benzene rings is 2. The van der Waals surface area contributed by atoms with Gasteiger partial charge in [0.15, 0.2) is 6.10 Å². The first-order valence-electron chi connectivity index (χ1n) is 10.5. The Balaban J connectivity index is 1.52. The number of hydrogen-bond donors (Lipinski definition) is 0. The van der Waals surface area contributed by atoms with Gasteiger partial charge in [-0.3, -0.25) is 9.78 Å². The zero-order chi connectivity index (χ0) is 22.9. The molecule has 2 aromatic heterocycles. The van der Waals surface area contributed by atoms with Gasteiger partial charge >= 0.3 is 0 Å². The van der Waals surface area contributed by atoms with Crippen molar-refractivity contribution in [1.29, 1.82) is 0 Å². The average molecular weight is 496 g/mol. The molecule has 1 unspecified atom stereocenters. The van der Waals surface area contributed by atoms with Crippen LogP contribution in [0.2, 0.25) is 10.0 Å². The number of anilines is 1. The third-order valence-corrected chi connectivity index (χ3v) is 7.04. The van der Waals surface area contributed by atoms with Crippen LogP contribution in [-0.4, -0.2) is 22.0 Å². The van der Waals surface area contributed by atoms with E-state index in [1.54, 1.807) is 23.2 Å². The highest BCUT2D eigenvalue weighted by Gasteiger charge is 2.33. The maximum atomic E-state index is 13.2. The van der Waals surface area contributed by atoms with Crippen molar-refractivity contribution in [3.05, 3.63) is 81.8 Å². The Labute approximate surface area is 205 Å². The van der Waals surface area contributed by atoms with Crippen molar-refractivity contribution in [1.82, 2.24) is 9.97 Å². The molecular weight excluding hydrogens is 477 g/mol. The normalized spacial score (nSPS) is 15.3. The van der Waals surface area contributed by atoms with E-state index in [1.165, 1.54) is 11.3 Å². The van der Waals surface area contributed by atoms with Gasteiger partial charge in [0.05, 0.1) is 33.7 Å². The molecule has 8 heteroatoms. The zero-order valence-electron chi connectivity index (χ0n) is 17.7. The molecule has 5 rings (SSSR count). The van der Waals surface area contributed by atoms with Crippen LogP contribution in [0, 0.1) is 0 Å². The largest absolute Gasteiger partial charge is 0.478 e. The second-order valence-electron chi connectivity index (χ2n) is 7.62. The van der Waals surface area contributed by atoms with E-state index in [4.69, 9.17) is 32.9 Å². The molecule has 4 aromatic rings. The van der Waals surface area contributed by atoms with Gasteiger partial charge in [-0.15, -0.1) is 11.3 Å². The van der Waals surface area contributed by atoms with E-state index in [2.05, 4.69) is 4.98 Å². The number of amides is 1. The highest BCUT2D eigenvalue weighted by atomic mass is 35.5. The van der Waals surface area contributed by atoms with Gasteiger partial charge in [-0.2, -0.15) is 0 Å². The summed E-state index contributed by atoms with van der Waals surface area (Å²) in [7, 11) is 0. The molecule has 2 aromatic carbocycles. The molecule has 33 heavy (non-hydrogen) atoms. The van der Waals surface area contributed by atoms with Crippen LogP contribution in [0.4, 0.5) is 5.69 Å². The number of nitrogens with zero attached hydrogens (tertiary/aromatic N) is 3. The van der Waals surface area contributed by atoms with Gasteiger partial charge in [0.25, 0.3) is 5.91 Å². The summed E-state index contributed by atoms with van der Waals surface area (Å²) in [4.78, 5) is 24.1. The van der Waals surface area contributed by atoms with Crippen molar-refractivity contribution in [2.45, 2.75) is 26.0 Å². The second kappa shape index (κ2) is 9.14. The summed E-state index contributed by atoms with van der Waals surface area (Å²) in [6, 6.07) is 17.0. The molecule has 0 saturated carbocycles. The fourth-order valence-corrected chi connectivity index (χ4v) is 4.86. The first-order chi connectivity index (χ1) is 16.0. The third kappa shape index (κ3) is 4.34. The fourth-order valence-electron chi connectivity index (χ4n) is 3.74. The number of halogens is 2. The maximum Gasteiger partial charge on any atom is 0.268 e. The van der Waals surface area contributed by atoms with Crippen LogP contribution >= 0.6 is 34.5 Å². The quantitative estimate of drug-likeness (QED) is 0.302. The number of carbonyl (C=O) groups excluding carboxylic acids is 1. The van der Waals surface area contributed by atoms with Gasteiger partial charge in [0.1, 0.15) is 10.8 Å². The second-order valence-corrected chi connectivity index (χ2v) is 9.30. The van der Waals surface area contributed by atoms with Crippen LogP contribution in [0.1, 0.15) is 18.9 Å². The Kier molecular flexibility index (Phi) is 6.06. The SMILES string of the molecule is CCC1Oc2ccc(-c3csc(-c4ccccn4)n3)cc2N(Cc2ccc(Cl)c(Cl)c2)C1=O. The van der Waals surface area contributed by atoms with Gasteiger partial charge in [0, 0.05) is 17.1 Å². The molecule has 1 aliphatic heterocycles. The molecule has 0 aliphatic carbocycles. The number of ether oxygens (including phenoxy) is 1. The van der Waals surface area contributed by atoms with Crippen molar-refractivity contribution in [3.63, 3.8) is 0 Å². The Hall–Kier alpha value is -2.93. The molecule has 0 radical (unpaired) electrons. The molecule has 1 amide bonds. The zero-order valence-corrected chi connectivity index (χ0v) is 20.0. The molecular formula is C25H19Cl2N3O2S. The van der Waals surface area contributed by atoms with E-state index in [1.807, 2.05) is 54.8 Å². The van der Waals surface area contributed by atoms with Crippen LogP contribution in [0.25, 0.3) is 22.0 Å². The predicted molar refractivity (Wildman–Crippen MR) is 133 cm³/mol. The Morgan fingerprint density at radius 2 is 1.94 bits per heavy atom. The number of rotatable bonds is 5. The van der Waals surface area contributed by atoms with Gasteiger partial charge < -0.3 is 9.64 Å². The molecule has 166 valence electrons. The Bertz CT molecular complexity index is 1330. The lowest BCUT2D eigenvalue weighted by atomic mass is 10.1. The monoisotopic (exact) mass is 495 g/mol. The summed E-state index contributed by atoms with van der Waals surface area (Å²) in [5.41, 5.74) is 4.15. The van der Waals surface area contributed by atoms with Crippen LogP contribution in [0.15, 0.2) is 66.2 Å². The minimum atomic E-state index is -0.527. The van der Waals surface area contributed by atoms with Crippen LogP contribution < -0.4 is 9.64 Å². The van der Waals surface area contributed by atoms with Gasteiger partial charge in [-0.25, -0.2) is 4.98 Å². The minimum absolute atomic E-state index is 0.0827. The van der Waals surface area contributed by atoms with E-state index in [0.717, 1.165) is 27.5 Å². The summed E-state index contributed by atoms with van der Waals surface area (Å²) >= 11 is 13.8. The molecule has 0 saturated heterocycles. The number of pyridine rings is 1. The van der Waals surface area contributed by atoms with Crippen LogP contribution in [0.5, 0.6) is 5.75 Å². The standard InChI is InChI=1S/C25H19Cl2N3O2S/c1-2-22-25(31)30(13-15-6-8-17(26)18(27)11-15)21-12-16(7-9-23(21)32-22)20-14-33-24(29-20)19-5-3-4-10-28-19/h3-12,14,22H,2,13H2,1H3. The van der Waals surface area contributed by atoms with Crippen molar-refractivity contribution < 1.29 is 9.53 Å². The van der Waals surface area contributed by atoms with Gasteiger partial charge in [-0.05, 0) is 54.4 Å². The molecule has 1 aliphatic rings. The van der Waals surface area contributed by atoms with E-state index in [0.29, 0.717) is 34.4 Å². The number of carbonyl (C=O) groups is 1. The first kappa shape index (κ1) is 21.9. The Morgan fingerprint density at radius 3 is 2.70 bits per heavy atom. The molecule has 0 spiro atoms. The lowest BCUT2D eigenvalue weighted by molar-refractivity contribution is -0.126. The van der Waals surface area contributed by atoms with Crippen molar-refractivity contribution in [2.75, 3.05) is 4.90 Å². The van der Waals surface area contributed by atoms with E-state index in [9.17, 15) is 4.79 Å². The van der Waals surface area contributed by atoms with E-state index >= 15 is 0 Å². The smallest absolute Gasteiger partial charge is 0.268 e. The lowest BCUT2D eigenvalue weighted by Crippen LogP contribution is -2.45.